The highest BCUT2D eigenvalue weighted by Crippen LogP contribution is 2.38. The molecule has 218 valence electrons. The number of nitrogens with one attached hydrogen (secondary N) is 1. The molecule has 5 rings (SSSR count). The average molecular weight is 644 g/mol. The van der Waals surface area contributed by atoms with Gasteiger partial charge in [0.25, 0.3) is 0 Å². The summed E-state index contributed by atoms with van der Waals surface area (Å²) >= 11 is 0. The number of ether oxygens (including phenoxy) is 1. The highest BCUT2D eigenvalue weighted by Gasteiger charge is 2.36. The minimum atomic E-state index is -4.59. The predicted octanol–water partition coefficient (Wildman–Crippen LogP) is 6.50. The number of rotatable bonds is 5. The Balaban J connectivity index is 0.00000187. The highest BCUT2D eigenvalue weighted by atomic mass is 35.5. The summed E-state index contributed by atoms with van der Waals surface area (Å²) in [4.78, 5) is 6.33. The van der Waals surface area contributed by atoms with E-state index in [4.69, 9.17) is 4.74 Å². The van der Waals surface area contributed by atoms with Crippen molar-refractivity contribution in [1.29, 1.82) is 0 Å². The van der Waals surface area contributed by atoms with Gasteiger partial charge in [0, 0.05) is 61.2 Å². The molecule has 4 aromatic rings. The zero-order valence-corrected chi connectivity index (χ0v) is 24.1. The third-order valence-electron chi connectivity index (χ3n) is 6.35. The fourth-order valence-corrected chi connectivity index (χ4v) is 5.14. The molecule has 3 heterocycles. The van der Waals surface area contributed by atoms with Gasteiger partial charge in [-0.2, -0.15) is 18.3 Å². The van der Waals surface area contributed by atoms with E-state index in [0.29, 0.717) is 42.4 Å². The van der Waals surface area contributed by atoms with Gasteiger partial charge in [-0.05, 0) is 42.0 Å². The van der Waals surface area contributed by atoms with Crippen LogP contribution < -0.4 is 9.64 Å². The molecule has 0 bridgehead atoms. The number of H-pyrrole nitrogens is 1. The van der Waals surface area contributed by atoms with Crippen molar-refractivity contribution in [2.24, 2.45) is 0 Å². The summed E-state index contributed by atoms with van der Waals surface area (Å²) in [5.74, 6) is -0.749. The lowest BCUT2D eigenvalue weighted by atomic mass is 10.0. The normalized spacial score (nSPS) is 14.2. The standard InChI is InChI=1S/C25H22F4N4O3S.3ClH/c1-37(34,35)17-3-5-23(20(26)13-17)36-16-7-10-33(11-8-16)22-6-9-30-21-4-2-15(12-18(21)22)19-14-31-32-24(19)25(27,28)29;;;/h2-6,9,12-14,16H,7-8,10-11H2,1H3,(H,31,32);3*1H. The fourth-order valence-electron chi connectivity index (χ4n) is 4.50. The van der Waals surface area contributed by atoms with Crippen molar-refractivity contribution in [3.63, 3.8) is 0 Å². The van der Waals surface area contributed by atoms with E-state index in [1.807, 2.05) is 6.07 Å². The lowest BCUT2D eigenvalue weighted by molar-refractivity contribution is -0.140. The van der Waals surface area contributed by atoms with Crippen LogP contribution in [0.3, 0.4) is 0 Å². The first kappa shape index (κ1) is 33.4. The highest BCUT2D eigenvalue weighted by molar-refractivity contribution is 7.90. The van der Waals surface area contributed by atoms with Gasteiger partial charge in [0.2, 0.25) is 0 Å². The second-order valence-corrected chi connectivity index (χ2v) is 10.9. The van der Waals surface area contributed by atoms with Crippen LogP contribution in [-0.4, -0.2) is 49.0 Å². The molecule has 1 fully saturated rings. The lowest BCUT2D eigenvalue weighted by Gasteiger charge is -2.34. The van der Waals surface area contributed by atoms with Crippen LogP contribution in [0.25, 0.3) is 22.0 Å². The van der Waals surface area contributed by atoms with Gasteiger partial charge in [-0.15, -0.1) is 37.2 Å². The Bertz CT molecular complexity index is 1580. The Hall–Kier alpha value is -2.80. The van der Waals surface area contributed by atoms with Crippen LogP contribution in [-0.2, 0) is 16.0 Å². The number of alkyl halides is 3. The smallest absolute Gasteiger partial charge is 0.435 e. The second kappa shape index (κ2) is 12.8. The van der Waals surface area contributed by atoms with Crippen LogP contribution in [0.5, 0.6) is 5.75 Å². The molecule has 0 atom stereocenters. The first-order chi connectivity index (χ1) is 17.5. The fraction of sp³-hybridized carbons (Fsp3) is 0.280. The van der Waals surface area contributed by atoms with Crippen LogP contribution in [0, 0.1) is 5.82 Å². The van der Waals surface area contributed by atoms with E-state index >= 15 is 0 Å². The molecule has 40 heavy (non-hydrogen) atoms. The predicted molar refractivity (Wildman–Crippen MR) is 151 cm³/mol. The Kier molecular flexibility index (Phi) is 10.7. The number of halogens is 7. The third-order valence-corrected chi connectivity index (χ3v) is 7.46. The first-order valence-corrected chi connectivity index (χ1v) is 13.3. The van der Waals surface area contributed by atoms with Crippen molar-refractivity contribution in [2.75, 3.05) is 24.2 Å². The van der Waals surface area contributed by atoms with Gasteiger partial charge in [0.1, 0.15) is 6.10 Å². The number of hydrogen-bond donors (Lipinski definition) is 1. The van der Waals surface area contributed by atoms with Gasteiger partial charge in [0.15, 0.2) is 27.1 Å². The van der Waals surface area contributed by atoms with E-state index in [0.717, 1.165) is 18.0 Å². The van der Waals surface area contributed by atoms with E-state index in [1.54, 1.807) is 24.4 Å². The van der Waals surface area contributed by atoms with Gasteiger partial charge in [-0.1, -0.05) is 6.07 Å². The molecular weight excluding hydrogens is 619 g/mol. The number of anilines is 1. The molecule has 0 radical (unpaired) electrons. The lowest BCUT2D eigenvalue weighted by Crippen LogP contribution is -2.38. The number of aromatic nitrogens is 3. The number of aromatic amines is 1. The number of pyridine rings is 1. The maximum Gasteiger partial charge on any atom is 0.435 e. The van der Waals surface area contributed by atoms with Gasteiger partial charge in [-0.25, -0.2) is 12.8 Å². The van der Waals surface area contributed by atoms with Crippen LogP contribution in [0.2, 0.25) is 0 Å². The number of benzene rings is 2. The molecule has 2 aromatic carbocycles. The molecule has 1 aliphatic heterocycles. The maximum atomic E-state index is 14.4. The zero-order valence-electron chi connectivity index (χ0n) is 20.8. The van der Waals surface area contributed by atoms with Crippen molar-refractivity contribution < 1.29 is 30.7 Å². The summed E-state index contributed by atoms with van der Waals surface area (Å²) in [5, 5.41) is 6.38. The van der Waals surface area contributed by atoms with Crippen LogP contribution in [0.15, 0.2) is 59.8 Å². The van der Waals surface area contributed by atoms with Crippen molar-refractivity contribution in [3.05, 3.63) is 66.4 Å². The summed E-state index contributed by atoms with van der Waals surface area (Å²) in [6, 6.07) is 10.3. The van der Waals surface area contributed by atoms with Crippen molar-refractivity contribution in [2.45, 2.75) is 30.0 Å². The molecular formula is C25H25Cl3F4N4O3S. The second-order valence-electron chi connectivity index (χ2n) is 8.88. The summed E-state index contributed by atoms with van der Waals surface area (Å²) in [5.41, 5.74) is 0.817. The van der Waals surface area contributed by atoms with Crippen molar-refractivity contribution in [3.8, 4) is 16.9 Å². The summed E-state index contributed by atoms with van der Waals surface area (Å²) in [6.07, 6.45) is 0.150. The number of sulfone groups is 1. The molecule has 0 amide bonds. The van der Waals surface area contributed by atoms with Gasteiger partial charge in [-0.3, -0.25) is 10.1 Å². The van der Waals surface area contributed by atoms with Gasteiger partial charge >= 0.3 is 6.18 Å². The Labute approximate surface area is 246 Å². The van der Waals surface area contributed by atoms with E-state index in [-0.39, 0.29) is 59.5 Å². The number of hydrogen-bond acceptors (Lipinski definition) is 6. The van der Waals surface area contributed by atoms with Gasteiger partial charge < -0.3 is 9.64 Å². The Morgan fingerprint density at radius 2 is 1.73 bits per heavy atom. The first-order valence-electron chi connectivity index (χ1n) is 11.4. The number of piperidine rings is 1. The largest absolute Gasteiger partial charge is 0.487 e. The van der Waals surface area contributed by atoms with Crippen LogP contribution in [0.1, 0.15) is 18.5 Å². The van der Waals surface area contributed by atoms with E-state index in [2.05, 4.69) is 20.1 Å². The van der Waals surface area contributed by atoms with E-state index < -0.39 is 27.5 Å². The minimum absolute atomic E-state index is 0. The molecule has 0 saturated carbocycles. The minimum Gasteiger partial charge on any atom is -0.487 e. The summed E-state index contributed by atoms with van der Waals surface area (Å²) in [6.45, 7) is 1.13. The Morgan fingerprint density at radius 3 is 2.35 bits per heavy atom. The quantitative estimate of drug-likeness (QED) is 0.250. The molecule has 7 nitrogen and oxygen atoms in total. The summed E-state index contributed by atoms with van der Waals surface area (Å²) < 4.78 is 83.6. The van der Waals surface area contributed by atoms with E-state index in [1.165, 1.54) is 18.3 Å². The molecule has 1 N–H and O–H groups in total. The number of nitrogens with zero attached hydrogens (tertiary/aromatic N) is 3. The molecule has 0 unspecified atom stereocenters. The van der Waals surface area contributed by atoms with Gasteiger partial charge in [0.05, 0.1) is 10.4 Å². The number of fused-ring (bicyclic) bond motifs is 1. The third kappa shape index (κ3) is 6.91. The molecule has 2 aromatic heterocycles. The van der Waals surface area contributed by atoms with E-state index in [9.17, 15) is 26.0 Å². The van der Waals surface area contributed by atoms with Crippen molar-refractivity contribution in [1.82, 2.24) is 15.2 Å². The summed E-state index contributed by atoms with van der Waals surface area (Å²) in [7, 11) is -3.53. The van der Waals surface area contributed by atoms with Crippen LogP contribution in [0.4, 0.5) is 23.2 Å². The molecule has 0 spiro atoms. The molecule has 1 saturated heterocycles. The van der Waals surface area contributed by atoms with Crippen molar-refractivity contribution >= 4 is 63.6 Å². The molecule has 15 heteroatoms. The maximum absolute atomic E-state index is 14.4. The molecule has 0 aliphatic carbocycles. The Morgan fingerprint density at radius 1 is 1.02 bits per heavy atom. The molecule has 1 aliphatic rings. The topological polar surface area (TPSA) is 88.2 Å². The monoisotopic (exact) mass is 642 g/mol. The average Bonchev–Trinajstić information content (AvgIpc) is 3.35. The zero-order chi connectivity index (χ0) is 26.4. The SMILES string of the molecule is CS(=O)(=O)c1ccc(OC2CCN(c3ccnc4ccc(-c5c[nH]nc5C(F)(F)F)cc34)CC2)c(F)c1.Cl.Cl.Cl. The van der Waals surface area contributed by atoms with Crippen LogP contribution >= 0.6 is 37.2 Å².